The Labute approximate surface area is 182 Å². The Bertz CT molecular complexity index is 1070. The smallest absolute Gasteiger partial charge is 0.229 e. The average Bonchev–Trinajstić information content (AvgIpc) is 3.36. The van der Waals surface area contributed by atoms with Gasteiger partial charge in [0.2, 0.25) is 5.91 Å². The molecule has 2 saturated carbocycles. The van der Waals surface area contributed by atoms with Crippen molar-refractivity contribution in [2.45, 2.75) is 55.3 Å². The number of hydrogen-bond acceptors (Lipinski definition) is 5. The molecule has 0 unspecified atom stereocenters. The molecule has 2 aliphatic carbocycles. The van der Waals surface area contributed by atoms with Gasteiger partial charge >= 0.3 is 0 Å². The summed E-state index contributed by atoms with van der Waals surface area (Å²) < 4.78 is 17.8. The molecule has 5 heterocycles. The van der Waals surface area contributed by atoms with Gasteiger partial charge in [0, 0.05) is 41.9 Å². The van der Waals surface area contributed by atoms with Crippen LogP contribution in [0, 0.1) is 17.8 Å². The van der Waals surface area contributed by atoms with Crippen molar-refractivity contribution in [2.24, 2.45) is 17.8 Å². The minimum Gasteiger partial charge on any atom is -0.493 e. The fraction of sp³-hybridized carbons (Fsp3) is 0.640. The topological polar surface area (TPSA) is 51.2 Å². The number of methoxy groups -OCH3 is 2. The third kappa shape index (κ3) is 1.74. The summed E-state index contributed by atoms with van der Waals surface area (Å²) in [5.74, 6) is 3.21. The average molecular weight is 421 g/mol. The Morgan fingerprint density at radius 2 is 2.03 bits per heavy atom. The van der Waals surface area contributed by atoms with E-state index in [2.05, 4.69) is 28.0 Å². The molecule has 0 N–H and O–H groups in total. The second-order valence-corrected chi connectivity index (χ2v) is 10.6. The molecule has 8 atom stereocenters. The quantitative estimate of drug-likeness (QED) is 0.688. The van der Waals surface area contributed by atoms with Gasteiger partial charge in [0.1, 0.15) is 0 Å². The molecule has 1 amide bonds. The van der Waals surface area contributed by atoms with Gasteiger partial charge in [-0.15, -0.1) is 0 Å². The van der Waals surface area contributed by atoms with Crippen LogP contribution < -0.4 is 14.4 Å². The van der Waals surface area contributed by atoms with Crippen LogP contribution >= 0.6 is 0 Å². The zero-order valence-electron chi connectivity index (χ0n) is 18.0. The fourth-order valence-corrected chi connectivity index (χ4v) is 9.31. The molecule has 1 spiro atoms. The monoisotopic (exact) mass is 420 g/mol. The molecule has 5 fully saturated rings. The second kappa shape index (κ2) is 5.46. The van der Waals surface area contributed by atoms with E-state index in [4.69, 9.17) is 14.2 Å². The van der Waals surface area contributed by atoms with Gasteiger partial charge < -0.3 is 19.1 Å². The van der Waals surface area contributed by atoms with Crippen molar-refractivity contribution in [1.29, 1.82) is 0 Å². The first-order valence-electron chi connectivity index (χ1n) is 11.8. The number of nitrogens with zero attached hydrogens (tertiary/aromatic N) is 2. The first kappa shape index (κ1) is 17.5. The first-order chi connectivity index (χ1) is 15.2. The van der Waals surface area contributed by atoms with E-state index >= 15 is 0 Å². The van der Waals surface area contributed by atoms with Crippen LogP contribution in [0.5, 0.6) is 11.5 Å². The first-order valence-corrected chi connectivity index (χ1v) is 11.8. The van der Waals surface area contributed by atoms with Gasteiger partial charge in [-0.25, -0.2) is 0 Å². The Hall–Kier alpha value is -2.05. The normalized spacial score (nSPS) is 45.4. The van der Waals surface area contributed by atoms with Crippen molar-refractivity contribution < 1.29 is 19.0 Å². The van der Waals surface area contributed by atoms with E-state index in [1.165, 1.54) is 18.4 Å². The number of carbonyl (C=O) groups excluding carboxylic acids is 1. The van der Waals surface area contributed by atoms with Crippen molar-refractivity contribution in [3.63, 3.8) is 0 Å². The van der Waals surface area contributed by atoms with Crippen molar-refractivity contribution in [3.05, 3.63) is 29.3 Å². The summed E-state index contributed by atoms with van der Waals surface area (Å²) in [5, 5.41) is 0. The number of rotatable bonds is 2. The third-order valence-corrected chi connectivity index (χ3v) is 10.1. The molecule has 3 saturated heterocycles. The lowest BCUT2D eigenvalue weighted by molar-refractivity contribution is -0.133. The van der Waals surface area contributed by atoms with Gasteiger partial charge in [-0.1, -0.05) is 11.6 Å². The Morgan fingerprint density at radius 3 is 2.87 bits per heavy atom. The summed E-state index contributed by atoms with van der Waals surface area (Å²) in [5.41, 5.74) is 3.99. The Balaban J connectivity index is 1.44. The number of benzene rings is 1. The number of hydrogen-bond donors (Lipinski definition) is 0. The number of amides is 1. The molecule has 0 radical (unpaired) electrons. The lowest BCUT2D eigenvalue weighted by Crippen LogP contribution is -2.68. The van der Waals surface area contributed by atoms with E-state index in [1.54, 1.807) is 19.8 Å². The fourth-order valence-electron chi connectivity index (χ4n) is 9.31. The highest BCUT2D eigenvalue weighted by Gasteiger charge is 2.75. The highest BCUT2D eigenvalue weighted by molar-refractivity contribution is 5.99. The maximum Gasteiger partial charge on any atom is 0.229 e. The molecular formula is C25H28N2O4. The standard InChI is InChI=1S/C25H28N2O4/c1-29-17-8-14-16(9-18(17)30-2)27-20(28)10-19-22-21-12(4-6-31-19)11-26-13-3-5-25(14,24(22)27)15(7-13)23(21)26/h4,8-9,13,15,19,21-24H,3,5-7,10-11H2,1-2H3/t13-,15-,19+,21+,22+,23+,24+,25+/m0/s1. The van der Waals surface area contributed by atoms with E-state index in [-0.39, 0.29) is 23.5 Å². The molecule has 6 nitrogen and oxygen atoms in total. The highest BCUT2D eigenvalue weighted by Crippen LogP contribution is 2.71. The highest BCUT2D eigenvalue weighted by atomic mass is 16.5. The predicted molar refractivity (Wildman–Crippen MR) is 114 cm³/mol. The van der Waals surface area contributed by atoms with Crippen LogP contribution in [0.25, 0.3) is 0 Å². The summed E-state index contributed by atoms with van der Waals surface area (Å²) in [4.78, 5) is 18.7. The Kier molecular flexibility index (Phi) is 3.08. The summed E-state index contributed by atoms with van der Waals surface area (Å²) in [6.07, 6.45) is 6.51. The summed E-state index contributed by atoms with van der Waals surface area (Å²) in [6, 6.07) is 5.76. The van der Waals surface area contributed by atoms with Crippen molar-refractivity contribution in [3.8, 4) is 11.5 Å². The van der Waals surface area contributed by atoms with Crippen LogP contribution in [0.2, 0.25) is 0 Å². The second-order valence-electron chi connectivity index (χ2n) is 10.6. The molecule has 1 aromatic rings. The van der Waals surface area contributed by atoms with E-state index in [9.17, 15) is 4.79 Å². The zero-order valence-corrected chi connectivity index (χ0v) is 18.0. The molecule has 162 valence electrons. The lowest BCUT2D eigenvalue weighted by Gasteiger charge is -2.58. The molecule has 8 rings (SSSR count). The van der Waals surface area contributed by atoms with Crippen molar-refractivity contribution in [2.75, 3.05) is 32.3 Å². The number of fused-ring (bicyclic) bond motifs is 4. The maximum atomic E-state index is 13.6. The van der Waals surface area contributed by atoms with Gasteiger partial charge in [-0.3, -0.25) is 9.69 Å². The number of piperidine rings is 1. The zero-order chi connectivity index (χ0) is 20.6. The molecule has 1 aromatic carbocycles. The summed E-state index contributed by atoms with van der Waals surface area (Å²) >= 11 is 0. The predicted octanol–water partition coefficient (Wildman–Crippen LogP) is 2.50. The third-order valence-electron chi connectivity index (χ3n) is 10.1. The van der Waals surface area contributed by atoms with Crippen LogP contribution in [0.1, 0.15) is 31.2 Å². The van der Waals surface area contributed by atoms with Crippen molar-refractivity contribution in [1.82, 2.24) is 4.90 Å². The summed E-state index contributed by atoms with van der Waals surface area (Å²) in [7, 11) is 3.39. The number of ether oxygens (including phenoxy) is 3. The van der Waals surface area contributed by atoms with Crippen LogP contribution in [0.15, 0.2) is 23.8 Å². The van der Waals surface area contributed by atoms with Crippen LogP contribution in [0.4, 0.5) is 5.69 Å². The molecule has 7 aliphatic rings. The molecule has 6 heteroatoms. The molecule has 31 heavy (non-hydrogen) atoms. The maximum absolute atomic E-state index is 13.6. The van der Waals surface area contributed by atoms with Gasteiger partial charge in [0.15, 0.2) is 11.5 Å². The lowest BCUT2D eigenvalue weighted by atomic mass is 9.48. The van der Waals surface area contributed by atoms with Gasteiger partial charge in [0.05, 0.1) is 45.1 Å². The van der Waals surface area contributed by atoms with Crippen molar-refractivity contribution >= 4 is 11.6 Å². The van der Waals surface area contributed by atoms with E-state index in [0.717, 1.165) is 24.4 Å². The SMILES string of the molecule is COc1cc2c(cc1OC)[C@]13CC[C@H]4C[C@H]1[C@@H]1[C@@H]5C(=CCO[C@@H]6CC(=O)N2[C@@H]3[C@@H]56)CN41. The number of anilines is 1. The van der Waals surface area contributed by atoms with Gasteiger partial charge in [0.25, 0.3) is 0 Å². The minimum absolute atomic E-state index is 0.00342. The molecule has 0 aromatic heterocycles. The van der Waals surface area contributed by atoms with Gasteiger partial charge in [-0.05, 0) is 36.8 Å². The minimum atomic E-state index is 0.00342. The summed E-state index contributed by atoms with van der Waals surface area (Å²) in [6.45, 7) is 1.77. The van der Waals surface area contributed by atoms with Crippen LogP contribution in [-0.2, 0) is 14.9 Å². The number of carbonyl (C=O) groups is 1. The van der Waals surface area contributed by atoms with Crippen LogP contribution in [0.3, 0.4) is 0 Å². The largest absolute Gasteiger partial charge is 0.493 e. The molecule has 2 bridgehead atoms. The van der Waals surface area contributed by atoms with E-state index in [0.29, 0.717) is 48.6 Å². The van der Waals surface area contributed by atoms with E-state index in [1.807, 2.05) is 0 Å². The van der Waals surface area contributed by atoms with E-state index < -0.39 is 0 Å². The molecule has 5 aliphatic heterocycles. The van der Waals surface area contributed by atoms with Crippen LogP contribution in [-0.4, -0.2) is 62.4 Å². The molecular weight excluding hydrogens is 392 g/mol. The van der Waals surface area contributed by atoms with Gasteiger partial charge in [-0.2, -0.15) is 0 Å². The Morgan fingerprint density at radius 1 is 1.19 bits per heavy atom.